The molecule has 218 valence electrons. The van der Waals surface area contributed by atoms with Gasteiger partial charge in [-0.25, -0.2) is 0 Å². The lowest BCUT2D eigenvalue weighted by Crippen LogP contribution is -2.54. The molecule has 2 saturated carbocycles. The third kappa shape index (κ3) is 4.25. The summed E-state index contributed by atoms with van der Waals surface area (Å²) in [5, 5.41) is 11.9. The molecule has 0 spiro atoms. The molecular formula is C32H31N7O4. The lowest BCUT2D eigenvalue weighted by Gasteiger charge is -2.35. The zero-order valence-corrected chi connectivity index (χ0v) is 23.7. The molecule has 8 rings (SSSR count). The van der Waals surface area contributed by atoms with E-state index in [1.807, 2.05) is 12.3 Å². The van der Waals surface area contributed by atoms with Crippen molar-refractivity contribution in [2.24, 2.45) is 13.0 Å². The van der Waals surface area contributed by atoms with Gasteiger partial charge in [-0.05, 0) is 68.4 Å². The number of piperidine rings is 1. The zero-order chi connectivity index (χ0) is 29.4. The van der Waals surface area contributed by atoms with Crippen LogP contribution >= 0.6 is 0 Å². The number of carbonyl (C=O) groups is 4. The highest BCUT2D eigenvalue weighted by Gasteiger charge is 2.44. The number of anilines is 1. The predicted molar refractivity (Wildman–Crippen MR) is 157 cm³/mol. The Kier molecular flexibility index (Phi) is 5.79. The number of fused-ring (bicyclic) bond motifs is 2. The summed E-state index contributed by atoms with van der Waals surface area (Å²) < 4.78 is 4.26. The second-order valence-corrected chi connectivity index (χ2v) is 12.3. The maximum atomic E-state index is 13.1. The van der Waals surface area contributed by atoms with E-state index in [0.717, 1.165) is 57.8 Å². The summed E-state index contributed by atoms with van der Waals surface area (Å²) in [6.45, 7) is 0.739. The fraction of sp³-hybridized carbons (Fsp3) is 0.375. The van der Waals surface area contributed by atoms with Crippen molar-refractivity contribution in [3.63, 3.8) is 0 Å². The first kappa shape index (κ1) is 25.9. The van der Waals surface area contributed by atoms with E-state index in [1.165, 1.54) is 12.8 Å². The van der Waals surface area contributed by atoms with Crippen LogP contribution in [0.3, 0.4) is 0 Å². The highest BCUT2D eigenvalue weighted by atomic mass is 16.2. The van der Waals surface area contributed by atoms with Crippen LogP contribution in [0.4, 0.5) is 5.69 Å². The number of imide groups is 2. The molecule has 11 nitrogen and oxygen atoms in total. The van der Waals surface area contributed by atoms with E-state index in [-0.39, 0.29) is 29.9 Å². The highest BCUT2D eigenvalue weighted by Crippen LogP contribution is 2.46. The fourth-order valence-corrected chi connectivity index (χ4v) is 6.78. The Balaban J connectivity index is 0.935. The number of nitrogens with one attached hydrogen (secondary N) is 2. The molecule has 4 amide bonds. The Hall–Kier alpha value is -4.80. The molecular weight excluding hydrogens is 546 g/mol. The van der Waals surface area contributed by atoms with Gasteiger partial charge in [0.1, 0.15) is 6.04 Å². The molecule has 3 aromatic heterocycles. The Labute approximate surface area is 247 Å². The lowest BCUT2D eigenvalue weighted by atomic mass is 9.80. The molecule has 2 N–H and O–H groups in total. The summed E-state index contributed by atoms with van der Waals surface area (Å²) in [5.74, 6) is -1.03. The monoisotopic (exact) mass is 577 g/mol. The third-order valence-electron chi connectivity index (χ3n) is 9.41. The molecule has 11 heteroatoms. The molecule has 3 fully saturated rings. The molecule has 4 aliphatic rings. The van der Waals surface area contributed by atoms with Crippen molar-refractivity contribution in [3.8, 4) is 11.3 Å². The van der Waals surface area contributed by atoms with Crippen molar-refractivity contribution in [2.45, 2.75) is 56.5 Å². The van der Waals surface area contributed by atoms with Crippen LogP contribution in [0.25, 0.3) is 22.2 Å². The number of pyridine rings is 1. The standard InChI is InChI=1S/C32H31N7O4/c1-37-11-9-22-25(37)8-10-33-29(22)24-16-38(36-28(24)18-2-3-18)20-12-17(13-20)15-34-19-4-5-21-23(14-19)32(43)39(31(21)42)26-6-7-27(40)35-30(26)41/h4-5,8-11,14,16-18,20,26,34H,2-3,6-7,12-13,15H2,1H3,(H,35,40,41)/t17-,20-,26?. The van der Waals surface area contributed by atoms with Crippen molar-refractivity contribution >= 4 is 40.2 Å². The van der Waals surface area contributed by atoms with Gasteiger partial charge in [0.05, 0.1) is 34.1 Å². The Morgan fingerprint density at radius 1 is 0.977 bits per heavy atom. The summed E-state index contributed by atoms with van der Waals surface area (Å²) in [6, 6.07) is 8.67. The van der Waals surface area contributed by atoms with Gasteiger partial charge in [-0.2, -0.15) is 5.10 Å². The van der Waals surface area contributed by atoms with E-state index in [9.17, 15) is 19.2 Å². The van der Waals surface area contributed by atoms with Crippen molar-refractivity contribution in [1.29, 1.82) is 0 Å². The van der Waals surface area contributed by atoms with Crippen LogP contribution in [0.5, 0.6) is 0 Å². The average molecular weight is 578 g/mol. The summed E-state index contributed by atoms with van der Waals surface area (Å²) in [5.41, 5.74) is 5.79. The molecule has 0 bridgehead atoms. The van der Waals surface area contributed by atoms with Gasteiger partial charge in [-0.15, -0.1) is 0 Å². The molecule has 43 heavy (non-hydrogen) atoms. The number of amides is 4. The Morgan fingerprint density at radius 3 is 2.58 bits per heavy atom. The van der Waals surface area contributed by atoms with Gasteiger partial charge >= 0.3 is 0 Å². The second kappa shape index (κ2) is 9.62. The van der Waals surface area contributed by atoms with Gasteiger partial charge in [0.2, 0.25) is 11.8 Å². The first-order chi connectivity index (χ1) is 20.9. The number of hydrogen-bond acceptors (Lipinski definition) is 7. The minimum Gasteiger partial charge on any atom is -0.385 e. The van der Waals surface area contributed by atoms with Gasteiger partial charge in [0.25, 0.3) is 11.8 Å². The quantitative estimate of drug-likeness (QED) is 0.320. The summed E-state index contributed by atoms with van der Waals surface area (Å²) >= 11 is 0. The van der Waals surface area contributed by atoms with Gasteiger partial charge in [-0.3, -0.25) is 39.1 Å². The molecule has 2 aliphatic carbocycles. The lowest BCUT2D eigenvalue weighted by molar-refractivity contribution is -0.136. The van der Waals surface area contributed by atoms with E-state index >= 15 is 0 Å². The van der Waals surface area contributed by atoms with Crippen molar-refractivity contribution in [1.82, 2.24) is 29.5 Å². The first-order valence-corrected chi connectivity index (χ1v) is 14.9. The first-order valence-electron chi connectivity index (χ1n) is 14.9. The zero-order valence-electron chi connectivity index (χ0n) is 23.7. The van der Waals surface area contributed by atoms with E-state index in [4.69, 9.17) is 10.1 Å². The van der Waals surface area contributed by atoms with Gasteiger partial charge < -0.3 is 9.88 Å². The van der Waals surface area contributed by atoms with Gasteiger partial charge in [0.15, 0.2) is 0 Å². The minimum atomic E-state index is -0.965. The fourth-order valence-electron chi connectivity index (χ4n) is 6.78. The van der Waals surface area contributed by atoms with Gasteiger partial charge in [-0.1, -0.05) is 0 Å². The number of aromatic nitrogens is 4. The topological polar surface area (TPSA) is 131 Å². The van der Waals surface area contributed by atoms with Crippen LogP contribution in [0.1, 0.15) is 76.9 Å². The molecule has 1 saturated heterocycles. The molecule has 0 radical (unpaired) electrons. The van der Waals surface area contributed by atoms with E-state index in [2.05, 4.69) is 45.4 Å². The second-order valence-electron chi connectivity index (χ2n) is 12.3. The van der Waals surface area contributed by atoms with Crippen molar-refractivity contribution in [2.75, 3.05) is 11.9 Å². The normalized spacial score (nSPS) is 23.5. The van der Waals surface area contributed by atoms with Crippen molar-refractivity contribution < 1.29 is 19.2 Å². The SMILES string of the molecule is Cn1ccc2c(-c3cn([C@H]4C[C@H](CNc5ccc6c(c5)C(=O)N(C5CCC(=O)NC5=O)C6=O)C4)nc3C3CC3)nccc21. The number of aryl methyl sites for hydroxylation is 1. The van der Waals surface area contributed by atoms with Crippen LogP contribution in [-0.2, 0) is 16.6 Å². The molecule has 1 atom stereocenters. The van der Waals surface area contributed by atoms with E-state index < -0.39 is 23.8 Å². The summed E-state index contributed by atoms with van der Waals surface area (Å²) in [7, 11) is 2.05. The Morgan fingerprint density at radius 2 is 1.79 bits per heavy atom. The number of carbonyl (C=O) groups excluding carboxylic acids is 4. The highest BCUT2D eigenvalue weighted by molar-refractivity contribution is 6.23. The number of benzene rings is 1. The van der Waals surface area contributed by atoms with Crippen LogP contribution in [0, 0.1) is 5.92 Å². The average Bonchev–Trinajstić information content (AvgIpc) is 3.55. The molecule has 1 aromatic carbocycles. The summed E-state index contributed by atoms with van der Waals surface area (Å²) in [4.78, 5) is 55.7. The number of nitrogens with zero attached hydrogens (tertiary/aromatic N) is 5. The van der Waals surface area contributed by atoms with Crippen LogP contribution in [0.15, 0.2) is 48.9 Å². The minimum absolute atomic E-state index is 0.0980. The predicted octanol–water partition coefficient (Wildman–Crippen LogP) is 3.78. The van der Waals surface area contributed by atoms with Crippen molar-refractivity contribution in [3.05, 3.63) is 65.7 Å². The van der Waals surface area contributed by atoms with E-state index in [0.29, 0.717) is 17.9 Å². The third-order valence-corrected chi connectivity index (χ3v) is 9.41. The maximum Gasteiger partial charge on any atom is 0.262 e. The molecule has 5 heterocycles. The van der Waals surface area contributed by atoms with Gasteiger partial charge in [0, 0.05) is 61.2 Å². The number of hydrogen-bond donors (Lipinski definition) is 2. The summed E-state index contributed by atoms with van der Waals surface area (Å²) in [6.07, 6.45) is 10.7. The Bertz CT molecular complexity index is 1850. The van der Waals surface area contributed by atoms with E-state index in [1.54, 1.807) is 18.2 Å². The smallest absolute Gasteiger partial charge is 0.262 e. The molecule has 4 aromatic rings. The molecule has 1 unspecified atom stereocenters. The van der Waals surface area contributed by atoms with Crippen LogP contribution in [-0.4, -0.2) is 60.4 Å². The largest absolute Gasteiger partial charge is 0.385 e. The van der Waals surface area contributed by atoms with Crippen LogP contribution in [0.2, 0.25) is 0 Å². The molecule has 2 aliphatic heterocycles. The maximum absolute atomic E-state index is 13.1. The number of rotatable bonds is 7. The van der Waals surface area contributed by atoms with Crippen LogP contribution < -0.4 is 10.6 Å².